The van der Waals surface area contributed by atoms with Gasteiger partial charge in [-0.05, 0) is 47.9 Å². The second kappa shape index (κ2) is 4.98. The number of hydrogen-bond donors (Lipinski definition) is 2. The zero-order valence-corrected chi connectivity index (χ0v) is 10.9. The van der Waals surface area contributed by atoms with Gasteiger partial charge in [0.2, 0.25) is 5.91 Å². The Morgan fingerprint density at radius 1 is 1.33 bits per heavy atom. The van der Waals surface area contributed by atoms with Crippen LogP contribution in [-0.2, 0) is 4.79 Å². The Bertz CT molecular complexity index is 560. The molecule has 1 fully saturated rings. The third-order valence-electron chi connectivity index (χ3n) is 3.08. The summed E-state index contributed by atoms with van der Waals surface area (Å²) in [5.74, 6) is 0.154. The number of fused-ring (bicyclic) bond motifs is 1. The molecule has 0 atom stereocenters. The van der Waals surface area contributed by atoms with Crippen LogP contribution < -0.4 is 10.6 Å². The SMILES string of the molecule is O=C(CCNc1ccc2sccc2c1)NC1CC1. The minimum Gasteiger partial charge on any atom is -0.385 e. The molecule has 1 aliphatic rings. The Labute approximate surface area is 110 Å². The molecule has 1 amide bonds. The molecule has 0 aliphatic heterocycles. The number of benzene rings is 1. The van der Waals surface area contributed by atoms with E-state index in [0.717, 1.165) is 18.5 Å². The van der Waals surface area contributed by atoms with Gasteiger partial charge in [0.1, 0.15) is 0 Å². The molecule has 0 spiro atoms. The summed E-state index contributed by atoms with van der Waals surface area (Å²) < 4.78 is 1.30. The summed E-state index contributed by atoms with van der Waals surface area (Å²) in [6, 6.07) is 8.89. The summed E-state index contributed by atoms with van der Waals surface area (Å²) in [6.07, 6.45) is 2.83. The minimum atomic E-state index is 0.154. The zero-order chi connectivity index (χ0) is 12.4. The van der Waals surface area contributed by atoms with Crippen LogP contribution in [0.25, 0.3) is 10.1 Å². The molecule has 1 aliphatic carbocycles. The average Bonchev–Trinajstić information content (AvgIpc) is 3.05. The molecule has 4 heteroatoms. The van der Waals surface area contributed by atoms with E-state index in [-0.39, 0.29) is 5.91 Å². The van der Waals surface area contributed by atoms with E-state index in [9.17, 15) is 4.79 Å². The predicted molar refractivity (Wildman–Crippen MR) is 76.1 cm³/mol. The fraction of sp³-hybridized carbons (Fsp3) is 0.357. The maximum Gasteiger partial charge on any atom is 0.221 e. The standard InChI is InChI=1S/C14H16N2OS/c17-14(16-11-1-2-11)5-7-15-12-3-4-13-10(9-12)6-8-18-13/h3-4,6,8-9,11,15H,1-2,5,7H2,(H,16,17). The molecular formula is C14H16N2OS. The lowest BCUT2D eigenvalue weighted by Crippen LogP contribution is -2.27. The number of hydrogen-bond acceptors (Lipinski definition) is 3. The molecule has 3 nitrogen and oxygen atoms in total. The number of nitrogens with one attached hydrogen (secondary N) is 2. The van der Waals surface area contributed by atoms with Crippen molar-refractivity contribution in [3.8, 4) is 0 Å². The van der Waals surface area contributed by atoms with Gasteiger partial charge in [-0.15, -0.1) is 11.3 Å². The topological polar surface area (TPSA) is 41.1 Å². The highest BCUT2D eigenvalue weighted by molar-refractivity contribution is 7.17. The van der Waals surface area contributed by atoms with Gasteiger partial charge >= 0.3 is 0 Å². The number of rotatable bonds is 5. The van der Waals surface area contributed by atoms with E-state index in [4.69, 9.17) is 0 Å². The van der Waals surface area contributed by atoms with E-state index in [1.54, 1.807) is 11.3 Å². The summed E-state index contributed by atoms with van der Waals surface area (Å²) in [7, 11) is 0. The highest BCUT2D eigenvalue weighted by atomic mass is 32.1. The summed E-state index contributed by atoms with van der Waals surface area (Å²) >= 11 is 1.75. The first-order chi connectivity index (χ1) is 8.81. The maximum absolute atomic E-state index is 11.5. The smallest absolute Gasteiger partial charge is 0.221 e. The zero-order valence-electron chi connectivity index (χ0n) is 10.1. The highest BCUT2D eigenvalue weighted by Gasteiger charge is 2.22. The summed E-state index contributed by atoms with van der Waals surface area (Å²) in [5.41, 5.74) is 1.08. The normalized spacial score (nSPS) is 14.7. The van der Waals surface area contributed by atoms with E-state index in [1.165, 1.54) is 10.1 Å². The number of carbonyl (C=O) groups is 1. The van der Waals surface area contributed by atoms with Crippen molar-refractivity contribution in [2.75, 3.05) is 11.9 Å². The fourth-order valence-electron chi connectivity index (χ4n) is 1.92. The van der Waals surface area contributed by atoms with E-state index in [0.29, 0.717) is 19.0 Å². The molecule has 0 bridgehead atoms. The van der Waals surface area contributed by atoms with Crippen molar-refractivity contribution in [1.29, 1.82) is 0 Å². The van der Waals surface area contributed by atoms with Gasteiger partial charge in [0.05, 0.1) is 0 Å². The number of carbonyl (C=O) groups excluding carboxylic acids is 1. The molecule has 1 saturated carbocycles. The van der Waals surface area contributed by atoms with Gasteiger partial charge in [0, 0.05) is 29.4 Å². The van der Waals surface area contributed by atoms with E-state index < -0.39 is 0 Å². The lowest BCUT2D eigenvalue weighted by Gasteiger charge is -2.07. The van der Waals surface area contributed by atoms with Crippen molar-refractivity contribution in [3.63, 3.8) is 0 Å². The van der Waals surface area contributed by atoms with Crippen LogP contribution >= 0.6 is 11.3 Å². The highest BCUT2D eigenvalue weighted by Crippen LogP contribution is 2.24. The first-order valence-electron chi connectivity index (χ1n) is 6.32. The van der Waals surface area contributed by atoms with Gasteiger partial charge in [-0.1, -0.05) is 0 Å². The second-order valence-electron chi connectivity index (χ2n) is 4.69. The lowest BCUT2D eigenvalue weighted by molar-refractivity contribution is -0.120. The third-order valence-corrected chi connectivity index (χ3v) is 3.97. The van der Waals surface area contributed by atoms with E-state index in [2.05, 4.69) is 40.3 Å². The van der Waals surface area contributed by atoms with Crippen LogP contribution in [0, 0.1) is 0 Å². The van der Waals surface area contributed by atoms with Crippen molar-refractivity contribution in [1.82, 2.24) is 5.32 Å². The van der Waals surface area contributed by atoms with Gasteiger partial charge in [-0.2, -0.15) is 0 Å². The Morgan fingerprint density at radius 3 is 3.06 bits per heavy atom. The molecule has 18 heavy (non-hydrogen) atoms. The molecule has 3 rings (SSSR count). The monoisotopic (exact) mass is 260 g/mol. The van der Waals surface area contributed by atoms with Crippen molar-refractivity contribution in [3.05, 3.63) is 29.6 Å². The van der Waals surface area contributed by atoms with Crippen LogP contribution in [0.15, 0.2) is 29.6 Å². The van der Waals surface area contributed by atoms with Gasteiger partial charge in [0.15, 0.2) is 0 Å². The van der Waals surface area contributed by atoms with Gasteiger partial charge < -0.3 is 10.6 Å². The fourth-order valence-corrected chi connectivity index (χ4v) is 2.70. The number of anilines is 1. The molecule has 1 aromatic heterocycles. The van der Waals surface area contributed by atoms with Crippen molar-refractivity contribution in [2.45, 2.75) is 25.3 Å². The molecule has 1 aromatic carbocycles. The quantitative estimate of drug-likeness (QED) is 0.867. The Kier molecular flexibility index (Phi) is 3.19. The van der Waals surface area contributed by atoms with Crippen LogP contribution in [0.2, 0.25) is 0 Å². The number of amides is 1. The van der Waals surface area contributed by atoms with Crippen molar-refractivity contribution in [2.24, 2.45) is 0 Å². The van der Waals surface area contributed by atoms with Crippen molar-refractivity contribution < 1.29 is 4.79 Å². The third kappa shape index (κ3) is 2.82. The molecule has 0 unspecified atom stereocenters. The molecule has 0 radical (unpaired) electrons. The summed E-state index contributed by atoms with van der Waals surface area (Å²) in [6.45, 7) is 0.689. The Morgan fingerprint density at radius 2 is 2.22 bits per heavy atom. The average molecular weight is 260 g/mol. The van der Waals surface area contributed by atoms with E-state index in [1.807, 2.05) is 0 Å². The van der Waals surface area contributed by atoms with E-state index >= 15 is 0 Å². The number of thiophene rings is 1. The molecule has 94 valence electrons. The first kappa shape index (κ1) is 11.5. The van der Waals surface area contributed by atoms with Crippen LogP contribution in [0.5, 0.6) is 0 Å². The molecule has 2 aromatic rings. The predicted octanol–water partition coefficient (Wildman–Crippen LogP) is 2.98. The Hall–Kier alpha value is -1.55. The van der Waals surface area contributed by atoms with Crippen molar-refractivity contribution >= 4 is 33.0 Å². The second-order valence-corrected chi connectivity index (χ2v) is 5.64. The molecule has 1 heterocycles. The molecule has 0 saturated heterocycles. The van der Waals surface area contributed by atoms with Crippen LogP contribution in [0.3, 0.4) is 0 Å². The summed E-state index contributed by atoms with van der Waals surface area (Å²) in [5, 5.41) is 9.63. The lowest BCUT2D eigenvalue weighted by atomic mass is 10.2. The molecular weight excluding hydrogens is 244 g/mol. The van der Waals surface area contributed by atoms with Crippen LogP contribution in [-0.4, -0.2) is 18.5 Å². The minimum absolute atomic E-state index is 0.154. The van der Waals surface area contributed by atoms with Gasteiger partial charge in [-0.25, -0.2) is 0 Å². The van der Waals surface area contributed by atoms with Crippen LogP contribution in [0.1, 0.15) is 19.3 Å². The van der Waals surface area contributed by atoms with Crippen LogP contribution in [0.4, 0.5) is 5.69 Å². The Balaban J connectivity index is 1.50. The van der Waals surface area contributed by atoms with Gasteiger partial charge in [-0.3, -0.25) is 4.79 Å². The summed E-state index contributed by atoms with van der Waals surface area (Å²) in [4.78, 5) is 11.5. The molecule has 2 N–H and O–H groups in total. The largest absolute Gasteiger partial charge is 0.385 e. The first-order valence-corrected chi connectivity index (χ1v) is 7.20. The van der Waals surface area contributed by atoms with Gasteiger partial charge in [0.25, 0.3) is 0 Å². The maximum atomic E-state index is 11.5.